The van der Waals surface area contributed by atoms with Crippen LogP contribution in [-0.4, -0.2) is 51.4 Å². The third-order valence-electron chi connectivity index (χ3n) is 7.88. The van der Waals surface area contributed by atoms with Gasteiger partial charge in [0, 0.05) is 33.4 Å². The minimum atomic E-state index is -4.81. The van der Waals surface area contributed by atoms with E-state index in [2.05, 4.69) is 0 Å². The van der Waals surface area contributed by atoms with Gasteiger partial charge in [-0.2, -0.15) is 16.8 Å². The first-order valence-corrected chi connectivity index (χ1v) is 16.7. The van der Waals surface area contributed by atoms with Gasteiger partial charge in [0.05, 0.1) is 11.1 Å². The summed E-state index contributed by atoms with van der Waals surface area (Å²) in [5, 5.41) is 15.5. The topological polar surface area (TPSA) is 203 Å². The molecular weight excluding hydrogens is 661 g/mol. The number of Topliss-reactive ketones (excluding diaryl/α,β-unsaturated/α-hetero) is 2. The Labute approximate surface area is 272 Å². The molecule has 4 aromatic rings. The van der Waals surface area contributed by atoms with Gasteiger partial charge in [-0.25, -0.2) is 0 Å². The van der Waals surface area contributed by atoms with Gasteiger partial charge in [0.2, 0.25) is 11.6 Å². The van der Waals surface area contributed by atoms with E-state index in [-0.39, 0.29) is 44.8 Å². The molecule has 0 bridgehead atoms. The lowest BCUT2D eigenvalue weighted by Crippen LogP contribution is -2.25. The van der Waals surface area contributed by atoms with Crippen LogP contribution >= 0.6 is 0 Å². The molecule has 0 unspecified atom stereocenters. The molecule has 236 valence electrons. The maximum atomic E-state index is 13.9. The van der Waals surface area contributed by atoms with Gasteiger partial charge in [0.25, 0.3) is 0 Å². The molecule has 7 rings (SSSR count). The molecule has 2 N–H and O–H groups in total. The lowest BCUT2D eigenvalue weighted by molar-refractivity contribution is 0.0976. The molecule has 12 nitrogen and oxygen atoms in total. The van der Waals surface area contributed by atoms with Crippen molar-refractivity contribution in [2.45, 2.75) is 9.79 Å². The summed E-state index contributed by atoms with van der Waals surface area (Å²) < 4.78 is 65.6. The number of rotatable bonds is 6. The molecule has 0 radical (unpaired) electrons. The summed E-state index contributed by atoms with van der Waals surface area (Å²) in [7, 11) is -9.62. The maximum Gasteiger partial charge on any atom is 0.339 e. The molecule has 0 fully saturated rings. The van der Waals surface area contributed by atoms with Crippen LogP contribution in [0.1, 0.15) is 63.7 Å². The summed E-state index contributed by atoms with van der Waals surface area (Å²) in [4.78, 5) is 51.9. The quantitative estimate of drug-likeness (QED) is 0.242. The zero-order chi connectivity index (χ0) is 34.1. The predicted molar refractivity (Wildman–Crippen MR) is 170 cm³/mol. The molecule has 0 atom stereocenters. The summed E-state index contributed by atoms with van der Waals surface area (Å²) in [6.07, 6.45) is 4.81. The second-order valence-corrected chi connectivity index (χ2v) is 13.7. The second-order valence-electron chi connectivity index (χ2n) is 10.7. The van der Waals surface area contributed by atoms with Crippen molar-refractivity contribution in [2.75, 3.05) is 0 Å². The summed E-state index contributed by atoms with van der Waals surface area (Å²) in [5.41, 5.74) is -2.23. The normalized spacial score (nSPS) is 15.1. The number of fused-ring (bicyclic) bond motifs is 4. The van der Waals surface area contributed by atoms with Crippen LogP contribution in [0.4, 0.5) is 0 Å². The molecule has 14 heteroatoms. The lowest BCUT2D eigenvalue weighted by atomic mass is 9.83. The molecule has 0 saturated carbocycles. The van der Waals surface area contributed by atoms with E-state index in [1.54, 1.807) is 0 Å². The van der Waals surface area contributed by atoms with Crippen molar-refractivity contribution in [2.24, 2.45) is 0 Å². The Hall–Kier alpha value is -6.12. The molecular formula is C34H18N2O10S2. The van der Waals surface area contributed by atoms with Crippen molar-refractivity contribution in [3.63, 3.8) is 0 Å². The fourth-order valence-electron chi connectivity index (χ4n) is 5.67. The molecule has 3 aliphatic carbocycles. The highest BCUT2D eigenvalue weighted by atomic mass is 32.2. The van der Waals surface area contributed by atoms with E-state index in [0.29, 0.717) is 0 Å². The Morgan fingerprint density at radius 2 is 0.812 bits per heavy atom. The Morgan fingerprint density at radius 3 is 1.21 bits per heavy atom. The average molecular weight is 679 g/mol. The SMILES string of the molecule is N=C1C=Cc2c(cccc2S(=O)(=O)Oc2ccc(OS(=O)(=O)c3cccc4c3C=CC(=N)C4=O)c3c2C(=O)c2ccccc2C3=O)C1=O. The molecule has 0 aromatic heterocycles. The van der Waals surface area contributed by atoms with Crippen molar-refractivity contribution in [1.29, 1.82) is 10.8 Å². The molecule has 4 aromatic carbocycles. The van der Waals surface area contributed by atoms with E-state index in [1.807, 2.05) is 0 Å². The number of ketones is 4. The van der Waals surface area contributed by atoms with Gasteiger partial charge in [-0.3, -0.25) is 30.0 Å². The van der Waals surface area contributed by atoms with E-state index in [0.717, 1.165) is 24.3 Å². The number of allylic oxidation sites excluding steroid dienone is 2. The highest BCUT2D eigenvalue weighted by Gasteiger charge is 2.39. The van der Waals surface area contributed by atoms with Crippen LogP contribution in [0.5, 0.6) is 11.5 Å². The monoisotopic (exact) mass is 678 g/mol. The molecule has 0 saturated heterocycles. The molecule has 0 amide bonds. The highest BCUT2D eigenvalue weighted by molar-refractivity contribution is 7.87. The summed E-state index contributed by atoms with van der Waals surface area (Å²) in [6, 6.07) is 15.2. The Bertz CT molecular complexity index is 2370. The minimum Gasteiger partial charge on any atom is -0.378 e. The maximum absolute atomic E-state index is 13.9. The van der Waals surface area contributed by atoms with E-state index in [9.17, 15) is 36.0 Å². The summed E-state index contributed by atoms with van der Waals surface area (Å²) >= 11 is 0. The Balaban J connectivity index is 1.37. The second kappa shape index (κ2) is 10.7. The summed E-state index contributed by atoms with van der Waals surface area (Å²) in [6.45, 7) is 0. The number of nitrogens with one attached hydrogen (secondary N) is 2. The van der Waals surface area contributed by atoms with Crippen LogP contribution in [0.2, 0.25) is 0 Å². The van der Waals surface area contributed by atoms with Crippen LogP contribution in [-0.2, 0) is 20.2 Å². The van der Waals surface area contributed by atoms with Gasteiger partial charge in [-0.05, 0) is 36.4 Å². The minimum absolute atomic E-state index is 0.0416. The molecule has 3 aliphatic rings. The van der Waals surface area contributed by atoms with Crippen molar-refractivity contribution < 1.29 is 44.4 Å². The van der Waals surface area contributed by atoms with E-state index >= 15 is 0 Å². The first kappa shape index (κ1) is 30.5. The van der Waals surface area contributed by atoms with Crippen LogP contribution in [0.25, 0.3) is 12.2 Å². The third-order valence-corrected chi connectivity index (χ3v) is 10.5. The van der Waals surface area contributed by atoms with Gasteiger partial charge < -0.3 is 8.37 Å². The third kappa shape index (κ3) is 4.65. The van der Waals surface area contributed by atoms with Crippen LogP contribution in [0.3, 0.4) is 0 Å². The largest absolute Gasteiger partial charge is 0.378 e. The van der Waals surface area contributed by atoms with Crippen molar-refractivity contribution in [3.8, 4) is 11.5 Å². The number of carbonyl (C=O) groups is 4. The predicted octanol–water partition coefficient (Wildman–Crippen LogP) is 4.46. The molecule has 0 spiro atoms. The standard InChI is InChI=1S/C34H18N2O10S2/c35-23-13-11-17-19(31(23)37)7-3-9-27(17)47(41,42)45-25-15-16-26(30-29(25)33(39)21-5-1-2-6-22(21)34(30)40)46-48(43,44)28-10-4-8-20-18(28)12-14-24(36)32(20)38/h1-16,35-36H. The van der Waals surface area contributed by atoms with Crippen LogP contribution < -0.4 is 8.37 Å². The number of benzene rings is 4. The zero-order valence-corrected chi connectivity index (χ0v) is 25.8. The smallest absolute Gasteiger partial charge is 0.339 e. The fourth-order valence-corrected chi connectivity index (χ4v) is 7.98. The van der Waals surface area contributed by atoms with Gasteiger partial charge in [-0.1, -0.05) is 60.7 Å². The zero-order valence-electron chi connectivity index (χ0n) is 24.1. The number of carbonyl (C=O) groups excluding carboxylic acids is 4. The first-order chi connectivity index (χ1) is 22.8. The van der Waals surface area contributed by atoms with E-state index in [1.165, 1.54) is 72.8 Å². The van der Waals surface area contributed by atoms with E-state index < -0.39 is 75.8 Å². The van der Waals surface area contributed by atoms with Crippen LogP contribution in [0, 0.1) is 10.8 Å². The summed E-state index contributed by atoms with van der Waals surface area (Å²) in [5.74, 6) is -4.34. The molecule has 48 heavy (non-hydrogen) atoms. The highest BCUT2D eigenvalue weighted by Crippen LogP contribution is 2.41. The van der Waals surface area contributed by atoms with E-state index in [4.69, 9.17) is 19.2 Å². The van der Waals surface area contributed by atoms with Gasteiger partial charge >= 0.3 is 20.2 Å². The van der Waals surface area contributed by atoms with Crippen molar-refractivity contribution >= 4 is 66.9 Å². The average Bonchev–Trinajstić information content (AvgIpc) is 3.07. The first-order valence-electron chi connectivity index (χ1n) is 13.9. The van der Waals surface area contributed by atoms with Crippen molar-refractivity contribution in [1.82, 2.24) is 0 Å². The molecule has 0 aliphatic heterocycles. The van der Waals surface area contributed by atoms with Crippen molar-refractivity contribution in [3.05, 3.63) is 129 Å². The van der Waals surface area contributed by atoms with Gasteiger partial charge in [-0.15, -0.1) is 0 Å². The number of hydrogen-bond acceptors (Lipinski definition) is 12. The molecule has 0 heterocycles. The van der Waals surface area contributed by atoms with Crippen LogP contribution in [0.15, 0.2) is 94.7 Å². The number of hydrogen-bond donors (Lipinski definition) is 2. The lowest BCUT2D eigenvalue weighted by Gasteiger charge is -2.23. The van der Waals surface area contributed by atoms with Gasteiger partial charge in [0.15, 0.2) is 23.1 Å². The Kier molecular flexibility index (Phi) is 6.82. The fraction of sp³-hybridized carbons (Fsp3) is 0. The Morgan fingerprint density at radius 1 is 0.438 bits per heavy atom. The van der Waals surface area contributed by atoms with Gasteiger partial charge in [0.1, 0.15) is 21.2 Å².